The number of rotatable bonds is 6. The predicted octanol–water partition coefficient (Wildman–Crippen LogP) is 2.15. The number of carbonyl (C=O) groups excluding carboxylic acids is 1. The van der Waals surface area contributed by atoms with Crippen molar-refractivity contribution in [2.75, 3.05) is 51.8 Å². The van der Waals surface area contributed by atoms with Crippen molar-refractivity contribution in [3.8, 4) is 0 Å². The molecule has 1 aromatic heterocycles. The van der Waals surface area contributed by atoms with Gasteiger partial charge in [-0.15, -0.1) is 0 Å². The van der Waals surface area contributed by atoms with Crippen LogP contribution in [0.2, 0.25) is 0 Å². The van der Waals surface area contributed by atoms with Crippen molar-refractivity contribution in [1.29, 1.82) is 0 Å². The molecule has 0 spiro atoms. The number of anilines is 1. The molecule has 1 saturated heterocycles. The molecule has 1 amide bonds. The van der Waals surface area contributed by atoms with Gasteiger partial charge in [-0.05, 0) is 38.4 Å². The molecule has 1 fully saturated rings. The lowest BCUT2D eigenvalue weighted by Gasteiger charge is -2.30. The highest BCUT2D eigenvalue weighted by molar-refractivity contribution is 5.99. The minimum absolute atomic E-state index is 0.00509. The second kappa shape index (κ2) is 8.18. The number of benzene rings is 1. The van der Waals surface area contributed by atoms with Crippen LogP contribution in [0.4, 0.5) is 5.69 Å². The summed E-state index contributed by atoms with van der Waals surface area (Å²) in [5, 5.41) is 3.05. The van der Waals surface area contributed by atoms with E-state index in [0.29, 0.717) is 25.3 Å². The molecule has 1 aliphatic heterocycles. The summed E-state index contributed by atoms with van der Waals surface area (Å²) in [5.74, 6) is 0.771. The van der Waals surface area contributed by atoms with Gasteiger partial charge in [0.25, 0.3) is 5.91 Å². The maximum Gasteiger partial charge on any atom is 0.253 e. The zero-order valence-electron chi connectivity index (χ0n) is 14.8. The first-order chi connectivity index (χ1) is 12.2. The SMILES string of the molecule is CN(C)[C@@H](CNC(=O)c1ccccc1N1CCOCC1)c1ccco1. The van der Waals surface area contributed by atoms with Crippen LogP contribution in [0.1, 0.15) is 22.2 Å². The molecular formula is C19H25N3O3. The summed E-state index contributed by atoms with van der Waals surface area (Å²) in [6, 6.07) is 11.5. The fraction of sp³-hybridized carbons (Fsp3) is 0.421. The first kappa shape index (κ1) is 17.5. The number of hydrogen-bond acceptors (Lipinski definition) is 5. The summed E-state index contributed by atoms with van der Waals surface area (Å²) in [7, 11) is 3.95. The Bertz CT molecular complexity index is 679. The van der Waals surface area contributed by atoms with Gasteiger partial charge in [-0.25, -0.2) is 0 Å². The zero-order valence-corrected chi connectivity index (χ0v) is 14.8. The van der Waals surface area contributed by atoms with E-state index < -0.39 is 0 Å². The van der Waals surface area contributed by atoms with Crippen molar-refractivity contribution in [3.63, 3.8) is 0 Å². The van der Waals surface area contributed by atoms with Gasteiger partial charge < -0.3 is 19.4 Å². The molecule has 6 heteroatoms. The molecule has 0 radical (unpaired) electrons. The van der Waals surface area contributed by atoms with Crippen LogP contribution in [0.5, 0.6) is 0 Å². The van der Waals surface area contributed by atoms with Gasteiger partial charge in [0.2, 0.25) is 0 Å². The van der Waals surface area contributed by atoms with Crippen LogP contribution in [-0.2, 0) is 4.74 Å². The highest BCUT2D eigenvalue weighted by Gasteiger charge is 2.21. The molecule has 0 unspecified atom stereocenters. The van der Waals surface area contributed by atoms with Crippen LogP contribution in [0.3, 0.4) is 0 Å². The summed E-state index contributed by atoms with van der Waals surface area (Å²) in [4.78, 5) is 17.0. The Hall–Kier alpha value is -2.31. The van der Waals surface area contributed by atoms with E-state index >= 15 is 0 Å². The quantitative estimate of drug-likeness (QED) is 0.871. The molecular weight excluding hydrogens is 318 g/mol. The highest BCUT2D eigenvalue weighted by atomic mass is 16.5. The van der Waals surface area contributed by atoms with E-state index in [1.165, 1.54) is 0 Å². The lowest BCUT2D eigenvalue weighted by molar-refractivity contribution is 0.0937. The molecule has 1 atom stereocenters. The van der Waals surface area contributed by atoms with Crippen LogP contribution in [-0.4, -0.2) is 57.8 Å². The first-order valence-corrected chi connectivity index (χ1v) is 8.56. The maximum atomic E-state index is 12.8. The third kappa shape index (κ3) is 4.21. The molecule has 6 nitrogen and oxygen atoms in total. The fourth-order valence-corrected chi connectivity index (χ4v) is 3.05. The standard InChI is InChI=1S/C19H25N3O3/c1-21(2)17(18-8-5-11-25-18)14-20-19(23)15-6-3-4-7-16(15)22-9-12-24-13-10-22/h3-8,11,17H,9-10,12-14H2,1-2H3,(H,20,23)/t17-/m0/s1. The van der Waals surface area contributed by atoms with Gasteiger partial charge >= 0.3 is 0 Å². The van der Waals surface area contributed by atoms with E-state index in [2.05, 4.69) is 10.2 Å². The van der Waals surface area contributed by atoms with Crippen molar-refractivity contribution >= 4 is 11.6 Å². The Balaban J connectivity index is 1.71. The lowest BCUT2D eigenvalue weighted by atomic mass is 10.1. The van der Waals surface area contributed by atoms with E-state index in [9.17, 15) is 4.79 Å². The minimum atomic E-state index is -0.0690. The number of furan rings is 1. The van der Waals surface area contributed by atoms with E-state index in [0.717, 1.165) is 24.5 Å². The number of ether oxygens (including phenoxy) is 1. The molecule has 25 heavy (non-hydrogen) atoms. The molecule has 0 bridgehead atoms. The molecule has 2 aromatic rings. The second-order valence-electron chi connectivity index (χ2n) is 6.32. The van der Waals surface area contributed by atoms with Gasteiger partial charge in [-0.2, -0.15) is 0 Å². The van der Waals surface area contributed by atoms with E-state index in [1.807, 2.05) is 55.4 Å². The number of hydrogen-bond donors (Lipinski definition) is 1. The molecule has 1 aromatic carbocycles. The van der Waals surface area contributed by atoms with Crippen molar-refractivity contribution < 1.29 is 13.9 Å². The van der Waals surface area contributed by atoms with E-state index in [-0.39, 0.29) is 11.9 Å². The maximum absolute atomic E-state index is 12.8. The molecule has 0 aliphatic carbocycles. The first-order valence-electron chi connectivity index (χ1n) is 8.56. The average molecular weight is 343 g/mol. The zero-order chi connectivity index (χ0) is 17.6. The van der Waals surface area contributed by atoms with Gasteiger partial charge in [0.05, 0.1) is 31.1 Å². The fourth-order valence-electron chi connectivity index (χ4n) is 3.05. The topological polar surface area (TPSA) is 58.0 Å². The van der Waals surface area contributed by atoms with Gasteiger partial charge in [-0.3, -0.25) is 9.69 Å². The number of para-hydroxylation sites is 1. The minimum Gasteiger partial charge on any atom is -0.468 e. The lowest BCUT2D eigenvalue weighted by Crippen LogP contribution is -2.39. The molecule has 134 valence electrons. The predicted molar refractivity (Wildman–Crippen MR) is 96.9 cm³/mol. The van der Waals surface area contributed by atoms with Gasteiger partial charge in [-0.1, -0.05) is 12.1 Å². The van der Waals surface area contributed by atoms with Crippen LogP contribution in [0, 0.1) is 0 Å². The summed E-state index contributed by atoms with van der Waals surface area (Å²) < 4.78 is 10.9. The van der Waals surface area contributed by atoms with E-state index in [4.69, 9.17) is 9.15 Å². The van der Waals surface area contributed by atoms with Crippen molar-refractivity contribution in [2.45, 2.75) is 6.04 Å². The van der Waals surface area contributed by atoms with Crippen molar-refractivity contribution in [1.82, 2.24) is 10.2 Å². The number of morpholine rings is 1. The van der Waals surface area contributed by atoms with Crippen LogP contribution in [0.25, 0.3) is 0 Å². The second-order valence-corrected chi connectivity index (χ2v) is 6.32. The smallest absolute Gasteiger partial charge is 0.253 e. The third-order valence-electron chi connectivity index (χ3n) is 4.45. The summed E-state index contributed by atoms with van der Waals surface area (Å²) in [5.41, 5.74) is 1.66. The van der Waals surface area contributed by atoms with Crippen LogP contribution in [0.15, 0.2) is 47.1 Å². The largest absolute Gasteiger partial charge is 0.468 e. The number of nitrogens with one attached hydrogen (secondary N) is 1. The molecule has 1 aliphatic rings. The Kier molecular flexibility index (Phi) is 5.73. The Labute approximate surface area is 148 Å². The highest BCUT2D eigenvalue weighted by Crippen LogP contribution is 2.22. The van der Waals surface area contributed by atoms with Crippen LogP contribution >= 0.6 is 0 Å². The molecule has 1 N–H and O–H groups in total. The van der Waals surface area contributed by atoms with Gasteiger partial charge in [0.15, 0.2) is 0 Å². The number of nitrogens with zero attached hydrogens (tertiary/aromatic N) is 2. The Morgan fingerprint density at radius 2 is 1.96 bits per heavy atom. The Morgan fingerprint density at radius 1 is 1.20 bits per heavy atom. The number of amides is 1. The molecule has 0 saturated carbocycles. The van der Waals surface area contributed by atoms with Gasteiger partial charge in [0.1, 0.15) is 5.76 Å². The van der Waals surface area contributed by atoms with E-state index in [1.54, 1.807) is 6.26 Å². The van der Waals surface area contributed by atoms with Gasteiger partial charge in [0, 0.05) is 25.3 Å². The summed E-state index contributed by atoms with van der Waals surface area (Å²) in [6.07, 6.45) is 1.65. The summed E-state index contributed by atoms with van der Waals surface area (Å²) >= 11 is 0. The molecule has 3 rings (SSSR count). The number of carbonyl (C=O) groups is 1. The van der Waals surface area contributed by atoms with Crippen LogP contribution < -0.4 is 10.2 Å². The third-order valence-corrected chi connectivity index (χ3v) is 4.45. The van der Waals surface area contributed by atoms with Crippen molar-refractivity contribution in [3.05, 3.63) is 54.0 Å². The van der Waals surface area contributed by atoms with Crippen molar-refractivity contribution in [2.24, 2.45) is 0 Å². The average Bonchev–Trinajstić information content (AvgIpc) is 3.16. The normalized spacial score (nSPS) is 16.0. The Morgan fingerprint density at radius 3 is 2.64 bits per heavy atom. The molecule has 2 heterocycles. The monoisotopic (exact) mass is 343 g/mol. The number of likely N-dealkylation sites (N-methyl/N-ethyl adjacent to an activating group) is 1. The summed E-state index contributed by atoms with van der Waals surface area (Å²) in [6.45, 7) is 3.47.